The van der Waals surface area contributed by atoms with Gasteiger partial charge in [-0.25, -0.2) is 0 Å². The highest BCUT2D eigenvalue weighted by Crippen LogP contribution is 2.33. The highest BCUT2D eigenvalue weighted by molar-refractivity contribution is 8.93. The zero-order valence-electron chi connectivity index (χ0n) is 23.1. The fourth-order valence-corrected chi connectivity index (χ4v) is 4.96. The first-order valence-electron chi connectivity index (χ1n) is 12.9. The Labute approximate surface area is 235 Å². The average molecular weight is 588 g/mol. The van der Waals surface area contributed by atoms with Crippen molar-refractivity contribution in [1.82, 2.24) is 10.2 Å². The second-order valence-electron chi connectivity index (χ2n) is 10.8. The van der Waals surface area contributed by atoms with Crippen LogP contribution in [0, 0.1) is 5.41 Å². The number of Topliss-reactive ketones (excluding diaryl/α,β-unsaturated/α-hetero) is 1. The number of ketones is 1. The molecule has 2 aromatic rings. The van der Waals surface area contributed by atoms with Crippen LogP contribution in [0.25, 0.3) is 0 Å². The van der Waals surface area contributed by atoms with E-state index in [1.54, 1.807) is 25.1 Å². The lowest BCUT2D eigenvalue weighted by Gasteiger charge is -2.26. The predicted octanol–water partition coefficient (Wildman–Crippen LogP) is 4.57. The van der Waals surface area contributed by atoms with Gasteiger partial charge in [-0.3, -0.25) is 15.0 Å². The van der Waals surface area contributed by atoms with Crippen LogP contribution in [0.1, 0.15) is 71.5 Å². The summed E-state index contributed by atoms with van der Waals surface area (Å²) in [4.78, 5) is 30.0. The van der Waals surface area contributed by atoms with E-state index in [1.165, 1.54) is 0 Å². The number of carbonyl (C=O) groups is 2. The fraction of sp³-hybridized carbons (Fsp3) is 0.483. The van der Waals surface area contributed by atoms with Crippen molar-refractivity contribution < 1.29 is 19.1 Å². The molecule has 1 saturated heterocycles. The molecule has 4 rings (SSSR count). The Morgan fingerprint density at radius 1 is 1.16 bits per heavy atom. The minimum absolute atomic E-state index is 0. The molecular formula is C29H39BrN4O4. The van der Waals surface area contributed by atoms with Gasteiger partial charge < -0.3 is 24.6 Å². The van der Waals surface area contributed by atoms with Crippen LogP contribution in [-0.2, 0) is 16.7 Å². The molecule has 2 aliphatic heterocycles. The van der Waals surface area contributed by atoms with Gasteiger partial charge in [-0.2, -0.15) is 0 Å². The number of nitrogens with zero attached hydrogens (tertiary/aromatic N) is 2. The molecule has 1 atom stereocenters. The number of hydrogen-bond acceptors (Lipinski definition) is 6. The van der Waals surface area contributed by atoms with Crippen LogP contribution in [0.4, 0.5) is 5.69 Å². The number of rotatable bonds is 8. The fourth-order valence-electron chi connectivity index (χ4n) is 4.96. The highest BCUT2D eigenvalue weighted by atomic mass is 79.9. The molecule has 0 saturated carbocycles. The molecule has 0 spiro atoms. The van der Waals surface area contributed by atoms with Gasteiger partial charge in [0.1, 0.15) is 11.6 Å². The number of amides is 1. The van der Waals surface area contributed by atoms with Crippen molar-refractivity contribution in [3.05, 3.63) is 58.1 Å². The minimum Gasteiger partial charge on any atom is -0.493 e. The quantitative estimate of drug-likeness (QED) is 0.440. The molecule has 2 heterocycles. The van der Waals surface area contributed by atoms with Crippen molar-refractivity contribution in [2.24, 2.45) is 0 Å². The van der Waals surface area contributed by atoms with Gasteiger partial charge in [0.05, 0.1) is 24.8 Å². The Hall–Kier alpha value is -2.91. The normalized spacial score (nSPS) is 16.8. The number of nitrogens with one attached hydrogen (secondary N) is 2. The molecule has 0 aliphatic carbocycles. The van der Waals surface area contributed by atoms with Crippen molar-refractivity contribution in [2.45, 2.75) is 52.2 Å². The average Bonchev–Trinajstić information content (AvgIpc) is 3.47. The molecule has 206 valence electrons. The third-order valence-corrected chi connectivity index (χ3v) is 7.19. The number of carbonyl (C=O) groups excluding carboxylic acids is 2. The predicted molar refractivity (Wildman–Crippen MR) is 156 cm³/mol. The smallest absolute Gasteiger partial charge is 0.254 e. The van der Waals surface area contributed by atoms with E-state index >= 15 is 0 Å². The van der Waals surface area contributed by atoms with Gasteiger partial charge >= 0.3 is 0 Å². The Balaban J connectivity index is 0.00000400. The van der Waals surface area contributed by atoms with E-state index in [9.17, 15) is 9.59 Å². The SMILES string of the molecule is Br.CCOc1cc2c(cc1C(=O)NC)C(=N)N(CC(=O)c1cc(N3CCC(OC)C3)cc(C(C)(C)C)c1)C2. The van der Waals surface area contributed by atoms with Crippen LogP contribution in [0.15, 0.2) is 30.3 Å². The first-order valence-corrected chi connectivity index (χ1v) is 12.9. The van der Waals surface area contributed by atoms with E-state index in [2.05, 4.69) is 37.1 Å². The Morgan fingerprint density at radius 3 is 2.50 bits per heavy atom. The molecular weight excluding hydrogens is 548 g/mol. The summed E-state index contributed by atoms with van der Waals surface area (Å²) in [6.45, 7) is 10.9. The van der Waals surface area contributed by atoms with Crippen LogP contribution in [-0.4, -0.2) is 68.9 Å². The monoisotopic (exact) mass is 586 g/mol. The van der Waals surface area contributed by atoms with Gasteiger partial charge in [0.25, 0.3) is 5.91 Å². The van der Waals surface area contributed by atoms with Crippen molar-refractivity contribution in [3.8, 4) is 5.75 Å². The second kappa shape index (κ2) is 11.9. The van der Waals surface area contributed by atoms with Gasteiger partial charge in [0, 0.05) is 50.6 Å². The standard InChI is InChI=1S/C29H38N4O4.BrH/c1-7-37-26-12-19-15-33(27(30)23(19)14-24(26)28(35)31-5)17-25(34)18-10-20(29(2,3)4)13-21(11-18)32-9-8-22(16-32)36-6;/h10-14,22,30H,7-9,15-17H2,1-6H3,(H,31,35);1H. The summed E-state index contributed by atoms with van der Waals surface area (Å²) in [5.41, 5.74) is 4.59. The summed E-state index contributed by atoms with van der Waals surface area (Å²) < 4.78 is 11.2. The van der Waals surface area contributed by atoms with E-state index in [1.807, 2.05) is 25.1 Å². The topological polar surface area (TPSA) is 95.0 Å². The molecule has 0 aromatic heterocycles. The van der Waals surface area contributed by atoms with E-state index in [0.717, 1.165) is 36.3 Å². The van der Waals surface area contributed by atoms with Crippen LogP contribution in [0.3, 0.4) is 0 Å². The number of benzene rings is 2. The van der Waals surface area contributed by atoms with E-state index < -0.39 is 0 Å². The van der Waals surface area contributed by atoms with Crippen LogP contribution in [0.2, 0.25) is 0 Å². The van der Waals surface area contributed by atoms with Gasteiger partial charge in [0.15, 0.2) is 5.78 Å². The van der Waals surface area contributed by atoms with Gasteiger partial charge in [-0.05, 0) is 60.2 Å². The number of ether oxygens (including phenoxy) is 2. The highest BCUT2D eigenvalue weighted by Gasteiger charge is 2.30. The van der Waals surface area contributed by atoms with Crippen molar-refractivity contribution >= 4 is 40.2 Å². The molecule has 0 bridgehead atoms. The lowest BCUT2D eigenvalue weighted by molar-refractivity contribution is 0.0953. The zero-order chi connectivity index (χ0) is 26.9. The van der Waals surface area contributed by atoms with E-state index in [-0.39, 0.29) is 52.6 Å². The third kappa shape index (κ3) is 6.04. The Kier molecular flexibility index (Phi) is 9.26. The maximum atomic E-state index is 13.6. The summed E-state index contributed by atoms with van der Waals surface area (Å²) in [6, 6.07) is 9.65. The molecule has 9 heteroatoms. The Morgan fingerprint density at radius 2 is 1.89 bits per heavy atom. The van der Waals surface area contributed by atoms with E-state index in [4.69, 9.17) is 14.9 Å². The summed E-state index contributed by atoms with van der Waals surface area (Å²) in [5.74, 6) is 0.428. The lowest BCUT2D eigenvalue weighted by atomic mass is 9.85. The largest absolute Gasteiger partial charge is 0.493 e. The summed E-state index contributed by atoms with van der Waals surface area (Å²) in [6.07, 6.45) is 1.16. The minimum atomic E-state index is -0.266. The number of halogens is 1. The first-order chi connectivity index (χ1) is 17.5. The third-order valence-electron chi connectivity index (χ3n) is 7.19. The molecule has 1 unspecified atom stereocenters. The number of methoxy groups -OCH3 is 1. The van der Waals surface area contributed by atoms with E-state index in [0.29, 0.717) is 35.6 Å². The molecule has 0 radical (unpaired) electrons. The van der Waals surface area contributed by atoms with Gasteiger partial charge in [0.2, 0.25) is 0 Å². The number of fused-ring (bicyclic) bond motifs is 1. The number of anilines is 1. The first kappa shape index (κ1) is 29.6. The van der Waals surface area contributed by atoms with Crippen molar-refractivity contribution in [2.75, 3.05) is 45.3 Å². The molecule has 2 aromatic carbocycles. The molecule has 1 fully saturated rings. The Bertz CT molecular complexity index is 1220. The molecule has 38 heavy (non-hydrogen) atoms. The van der Waals surface area contributed by atoms with Gasteiger partial charge in [-0.15, -0.1) is 17.0 Å². The summed E-state index contributed by atoms with van der Waals surface area (Å²) in [7, 11) is 3.31. The molecule has 2 N–H and O–H groups in total. The summed E-state index contributed by atoms with van der Waals surface area (Å²) in [5, 5.41) is 11.4. The van der Waals surface area contributed by atoms with Crippen molar-refractivity contribution in [1.29, 1.82) is 5.41 Å². The molecule has 8 nitrogen and oxygen atoms in total. The van der Waals surface area contributed by atoms with Crippen LogP contribution >= 0.6 is 17.0 Å². The zero-order valence-corrected chi connectivity index (χ0v) is 24.9. The van der Waals surface area contributed by atoms with Crippen molar-refractivity contribution in [3.63, 3.8) is 0 Å². The second-order valence-corrected chi connectivity index (χ2v) is 10.8. The molecule has 1 amide bonds. The van der Waals surface area contributed by atoms with Crippen LogP contribution in [0.5, 0.6) is 5.75 Å². The maximum Gasteiger partial charge on any atom is 0.254 e. The van der Waals surface area contributed by atoms with Gasteiger partial charge in [-0.1, -0.05) is 20.8 Å². The molecule has 2 aliphatic rings. The lowest BCUT2D eigenvalue weighted by Crippen LogP contribution is -2.31. The number of amidine groups is 1. The summed E-state index contributed by atoms with van der Waals surface area (Å²) >= 11 is 0. The maximum absolute atomic E-state index is 13.6. The number of hydrogen-bond donors (Lipinski definition) is 2. The van der Waals surface area contributed by atoms with Crippen LogP contribution < -0.4 is 15.0 Å².